The molecule has 6 heteroatoms. The highest BCUT2D eigenvalue weighted by atomic mass is 19.1. The van der Waals surface area contributed by atoms with E-state index in [9.17, 15) is 9.18 Å². The molecule has 1 aliphatic rings. The first-order valence-corrected chi connectivity index (χ1v) is 9.18. The fourth-order valence-electron chi connectivity index (χ4n) is 3.24. The second kappa shape index (κ2) is 8.75. The van der Waals surface area contributed by atoms with E-state index in [4.69, 9.17) is 9.47 Å². The van der Waals surface area contributed by atoms with Gasteiger partial charge in [-0.15, -0.1) is 0 Å². The Balaban J connectivity index is 1.68. The highest BCUT2D eigenvalue weighted by Gasteiger charge is 2.17. The lowest BCUT2D eigenvalue weighted by Gasteiger charge is -2.30. The summed E-state index contributed by atoms with van der Waals surface area (Å²) >= 11 is 0. The Morgan fingerprint density at radius 2 is 1.89 bits per heavy atom. The summed E-state index contributed by atoms with van der Waals surface area (Å²) < 4.78 is 24.6. The molecule has 2 aromatic rings. The number of nitrogens with zero attached hydrogens (tertiary/aromatic N) is 1. The van der Waals surface area contributed by atoms with Gasteiger partial charge in [0.25, 0.3) is 5.91 Å². The van der Waals surface area contributed by atoms with Crippen LogP contribution >= 0.6 is 0 Å². The number of hydrogen-bond acceptors (Lipinski definition) is 4. The van der Waals surface area contributed by atoms with Gasteiger partial charge in [0, 0.05) is 13.1 Å². The number of nitrogens with one attached hydrogen (secondary N) is 1. The summed E-state index contributed by atoms with van der Waals surface area (Å²) in [6.07, 6.45) is 3.40. The van der Waals surface area contributed by atoms with E-state index in [1.165, 1.54) is 18.6 Å². The minimum atomic E-state index is -0.382. The Bertz CT molecular complexity index is 804. The van der Waals surface area contributed by atoms with Crippen LogP contribution < -0.4 is 19.7 Å². The normalized spacial score (nSPS) is 14.0. The molecule has 0 spiro atoms. The first-order valence-electron chi connectivity index (χ1n) is 9.18. The summed E-state index contributed by atoms with van der Waals surface area (Å²) in [4.78, 5) is 14.6. The molecule has 0 unspecified atom stereocenters. The average Bonchev–Trinajstić information content (AvgIpc) is 2.67. The molecule has 2 aromatic carbocycles. The molecule has 0 saturated carbocycles. The predicted molar refractivity (Wildman–Crippen MR) is 104 cm³/mol. The van der Waals surface area contributed by atoms with Crippen LogP contribution in [-0.2, 0) is 4.79 Å². The highest BCUT2D eigenvalue weighted by molar-refractivity contribution is 5.95. The minimum Gasteiger partial charge on any atom is -0.493 e. The SMILES string of the molecule is COc1cc(C)ccc1OCC(=O)Nc1cc(F)ccc1N1CCCCC1. The molecule has 0 radical (unpaired) electrons. The van der Waals surface area contributed by atoms with Crippen LogP contribution in [0.3, 0.4) is 0 Å². The van der Waals surface area contributed by atoms with Crippen LogP contribution in [0.5, 0.6) is 11.5 Å². The third-order valence-electron chi connectivity index (χ3n) is 4.61. The maximum atomic E-state index is 13.7. The van der Waals surface area contributed by atoms with Gasteiger partial charge in [-0.1, -0.05) is 6.07 Å². The maximum absolute atomic E-state index is 13.7. The number of piperidine rings is 1. The van der Waals surface area contributed by atoms with E-state index < -0.39 is 0 Å². The highest BCUT2D eigenvalue weighted by Crippen LogP contribution is 2.30. The van der Waals surface area contributed by atoms with Gasteiger partial charge in [-0.05, 0) is 62.1 Å². The number of hydrogen-bond donors (Lipinski definition) is 1. The molecule has 27 heavy (non-hydrogen) atoms. The van der Waals surface area contributed by atoms with Crippen molar-refractivity contribution in [3.8, 4) is 11.5 Å². The Morgan fingerprint density at radius 3 is 2.63 bits per heavy atom. The molecule has 0 aromatic heterocycles. The Hall–Kier alpha value is -2.76. The Morgan fingerprint density at radius 1 is 1.11 bits per heavy atom. The van der Waals surface area contributed by atoms with E-state index in [1.807, 2.05) is 19.1 Å². The van der Waals surface area contributed by atoms with Crippen LogP contribution in [0, 0.1) is 12.7 Å². The van der Waals surface area contributed by atoms with Gasteiger partial charge in [-0.2, -0.15) is 0 Å². The zero-order valence-electron chi connectivity index (χ0n) is 15.8. The number of methoxy groups -OCH3 is 1. The van der Waals surface area contributed by atoms with Gasteiger partial charge in [-0.25, -0.2) is 4.39 Å². The van der Waals surface area contributed by atoms with Gasteiger partial charge in [0.05, 0.1) is 18.5 Å². The van der Waals surface area contributed by atoms with Crippen molar-refractivity contribution >= 4 is 17.3 Å². The molecule has 5 nitrogen and oxygen atoms in total. The third-order valence-corrected chi connectivity index (χ3v) is 4.61. The largest absolute Gasteiger partial charge is 0.493 e. The van der Waals surface area contributed by atoms with E-state index in [0.29, 0.717) is 17.2 Å². The van der Waals surface area contributed by atoms with Gasteiger partial charge >= 0.3 is 0 Å². The summed E-state index contributed by atoms with van der Waals surface area (Å²) in [6.45, 7) is 3.58. The smallest absolute Gasteiger partial charge is 0.262 e. The minimum absolute atomic E-state index is 0.185. The number of rotatable bonds is 6. The molecule has 144 valence electrons. The molecule has 1 heterocycles. The van der Waals surface area contributed by atoms with Crippen molar-refractivity contribution in [2.24, 2.45) is 0 Å². The lowest BCUT2D eigenvalue weighted by Crippen LogP contribution is -2.31. The van der Waals surface area contributed by atoms with Crippen LogP contribution in [0.2, 0.25) is 0 Å². The van der Waals surface area contributed by atoms with Crippen molar-refractivity contribution in [1.29, 1.82) is 0 Å². The van der Waals surface area contributed by atoms with Crippen molar-refractivity contribution in [3.63, 3.8) is 0 Å². The van der Waals surface area contributed by atoms with Crippen LogP contribution in [0.4, 0.5) is 15.8 Å². The van der Waals surface area contributed by atoms with Crippen molar-refractivity contribution in [1.82, 2.24) is 0 Å². The lowest BCUT2D eigenvalue weighted by molar-refractivity contribution is -0.118. The molecule has 0 bridgehead atoms. The van der Waals surface area contributed by atoms with E-state index in [1.54, 1.807) is 19.2 Å². The number of halogens is 1. The third kappa shape index (κ3) is 4.90. The molecule has 1 fully saturated rings. The standard InChI is InChI=1S/C21H25FN2O3/c1-15-6-9-19(20(12-15)26-2)27-14-21(25)23-17-13-16(22)7-8-18(17)24-10-4-3-5-11-24/h6-9,12-13H,3-5,10-11,14H2,1-2H3,(H,23,25). The summed E-state index contributed by atoms with van der Waals surface area (Å²) in [7, 11) is 1.55. The number of amides is 1. The number of aryl methyl sites for hydroxylation is 1. The quantitative estimate of drug-likeness (QED) is 0.828. The first kappa shape index (κ1) is 19.0. The molecular weight excluding hydrogens is 347 g/mol. The van der Waals surface area contributed by atoms with Crippen LogP contribution in [0.15, 0.2) is 36.4 Å². The Kier molecular flexibility index (Phi) is 6.16. The van der Waals surface area contributed by atoms with Crippen molar-refractivity contribution < 1.29 is 18.7 Å². The number of anilines is 2. The predicted octanol–water partition coefficient (Wildman–Crippen LogP) is 4.15. The van der Waals surface area contributed by atoms with E-state index in [2.05, 4.69) is 10.2 Å². The van der Waals surface area contributed by atoms with Crippen molar-refractivity contribution in [2.45, 2.75) is 26.2 Å². The summed E-state index contributed by atoms with van der Waals surface area (Å²) in [5.74, 6) is 0.338. The molecule has 1 saturated heterocycles. The second-order valence-electron chi connectivity index (χ2n) is 6.70. The zero-order valence-corrected chi connectivity index (χ0v) is 15.8. The number of ether oxygens (including phenoxy) is 2. The Labute approximate surface area is 159 Å². The van der Waals surface area contributed by atoms with E-state index >= 15 is 0 Å². The number of carbonyl (C=O) groups is 1. The topological polar surface area (TPSA) is 50.8 Å². The molecule has 0 aliphatic carbocycles. The van der Waals surface area contributed by atoms with Gasteiger partial charge in [0.15, 0.2) is 18.1 Å². The van der Waals surface area contributed by atoms with Gasteiger partial charge in [0.2, 0.25) is 0 Å². The molecule has 1 amide bonds. The van der Waals surface area contributed by atoms with E-state index in [-0.39, 0.29) is 18.3 Å². The average molecular weight is 372 g/mol. The maximum Gasteiger partial charge on any atom is 0.262 e. The second-order valence-corrected chi connectivity index (χ2v) is 6.70. The zero-order chi connectivity index (χ0) is 19.2. The fraction of sp³-hybridized carbons (Fsp3) is 0.381. The lowest BCUT2D eigenvalue weighted by atomic mass is 10.1. The first-order chi connectivity index (χ1) is 13.1. The van der Waals surface area contributed by atoms with Gasteiger partial charge < -0.3 is 19.7 Å². The monoisotopic (exact) mass is 372 g/mol. The van der Waals surface area contributed by atoms with Crippen LogP contribution in [0.25, 0.3) is 0 Å². The number of benzene rings is 2. The van der Waals surface area contributed by atoms with E-state index in [0.717, 1.165) is 37.2 Å². The molecule has 0 atom stereocenters. The van der Waals surface area contributed by atoms with Crippen LogP contribution in [-0.4, -0.2) is 32.7 Å². The molecular formula is C21H25FN2O3. The summed E-state index contributed by atoms with van der Waals surface area (Å²) in [5.41, 5.74) is 2.35. The van der Waals surface area contributed by atoms with Crippen molar-refractivity contribution in [2.75, 3.05) is 37.0 Å². The van der Waals surface area contributed by atoms with Crippen LogP contribution in [0.1, 0.15) is 24.8 Å². The number of carbonyl (C=O) groups excluding carboxylic acids is 1. The summed E-state index contributed by atoms with van der Waals surface area (Å²) in [5, 5.41) is 2.78. The fourth-order valence-corrected chi connectivity index (χ4v) is 3.24. The molecule has 1 aliphatic heterocycles. The van der Waals surface area contributed by atoms with Gasteiger partial charge in [0.1, 0.15) is 5.82 Å². The van der Waals surface area contributed by atoms with Gasteiger partial charge in [-0.3, -0.25) is 4.79 Å². The van der Waals surface area contributed by atoms with Crippen molar-refractivity contribution in [3.05, 3.63) is 47.8 Å². The molecule has 1 N–H and O–H groups in total. The summed E-state index contributed by atoms with van der Waals surface area (Å²) in [6, 6.07) is 10.00. The molecule has 3 rings (SSSR count).